The number of furan rings is 1. The van der Waals surface area contributed by atoms with Gasteiger partial charge in [0.1, 0.15) is 11.2 Å². The molecule has 0 atom stereocenters. The summed E-state index contributed by atoms with van der Waals surface area (Å²) in [5.74, 6) is 0. The molecular weight excluding hydrogens is 326 g/mol. The van der Waals surface area contributed by atoms with E-state index in [4.69, 9.17) is 4.42 Å². The van der Waals surface area contributed by atoms with Crippen molar-refractivity contribution in [1.82, 2.24) is 4.98 Å². The number of nitrogens with one attached hydrogen (secondary N) is 1. The van der Waals surface area contributed by atoms with Gasteiger partial charge in [-0.15, -0.1) is 0 Å². The first-order valence-electron chi connectivity index (χ1n) is 6.83. The predicted molar refractivity (Wildman–Crippen MR) is 90.8 cm³/mol. The van der Waals surface area contributed by atoms with Crippen molar-refractivity contribution < 1.29 is 4.42 Å². The van der Waals surface area contributed by atoms with Crippen LogP contribution in [0.15, 0.2) is 63.5 Å². The second kappa shape index (κ2) is 3.89. The molecule has 0 saturated carbocycles. The van der Waals surface area contributed by atoms with Gasteiger partial charge in [0.15, 0.2) is 0 Å². The summed E-state index contributed by atoms with van der Waals surface area (Å²) >= 11 is 3.77. The van der Waals surface area contributed by atoms with Crippen LogP contribution < -0.4 is 0 Å². The lowest BCUT2D eigenvalue weighted by atomic mass is 10.1. The fourth-order valence-corrected chi connectivity index (χ4v) is 3.86. The molecule has 0 bridgehead atoms. The number of aromatic nitrogens is 1. The van der Waals surface area contributed by atoms with E-state index in [9.17, 15) is 0 Å². The van der Waals surface area contributed by atoms with Crippen molar-refractivity contribution in [3.8, 4) is 0 Å². The van der Waals surface area contributed by atoms with Crippen LogP contribution in [0.3, 0.4) is 0 Å². The fourth-order valence-electron chi connectivity index (χ4n) is 3.14. The summed E-state index contributed by atoms with van der Waals surface area (Å²) in [6.07, 6.45) is 0. The summed E-state index contributed by atoms with van der Waals surface area (Å²) < 4.78 is 7.08. The number of aromatic amines is 1. The zero-order chi connectivity index (χ0) is 14.0. The van der Waals surface area contributed by atoms with E-state index in [1.165, 1.54) is 10.8 Å². The Morgan fingerprint density at radius 1 is 0.810 bits per heavy atom. The van der Waals surface area contributed by atoms with Gasteiger partial charge in [-0.05, 0) is 34.1 Å². The summed E-state index contributed by atoms with van der Waals surface area (Å²) in [5, 5.41) is 4.67. The van der Waals surface area contributed by atoms with Crippen molar-refractivity contribution in [1.29, 1.82) is 0 Å². The minimum Gasteiger partial charge on any atom is -0.456 e. The van der Waals surface area contributed by atoms with E-state index in [0.29, 0.717) is 0 Å². The average molecular weight is 336 g/mol. The first-order chi connectivity index (χ1) is 10.3. The molecule has 3 aromatic carbocycles. The Hall–Kier alpha value is -2.26. The highest BCUT2D eigenvalue weighted by Crippen LogP contribution is 2.40. The third kappa shape index (κ3) is 1.41. The van der Waals surface area contributed by atoms with E-state index < -0.39 is 0 Å². The summed E-state index contributed by atoms with van der Waals surface area (Å²) in [6.45, 7) is 0. The number of halogens is 1. The molecule has 5 aromatic rings. The van der Waals surface area contributed by atoms with Gasteiger partial charge in [0.05, 0.1) is 9.99 Å². The van der Waals surface area contributed by atoms with Gasteiger partial charge >= 0.3 is 0 Å². The zero-order valence-corrected chi connectivity index (χ0v) is 12.6. The lowest BCUT2D eigenvalue weighted by Crippen LogP contribution is -1.74. The van der Waals surface area contributed by atoms with Crippen molar-refractivity contribution in [2.24, 2.45) is 0 Å². The van der Waals surface area contributed by atoms with Gasteiger partial charge in [-0.3, -0.25) is 0 Å². The molecule has 0 amide bonds. The van der Waals surface area contributed by atoms with Crippen LogP contribution in [0.5, 0.6) is 0 Å². The molecule has 2 nitrogen and oxygen atoms in total. The standard InChI is InChI=1S/C18H10BrNO/c19-17-16-11-6-2-4-8-14(11)21-15(16)9-12-10-5-1-3-7-13(10)20-18(12)17/h1-9,20H. The first kappa shape index (κ1) is 11.4. The van der Waals surface area contributed by atoms with Crippen molar-refractivity contribution in [2.75, 3.05) is 0 Å². The van der Waals surface area contributed by atoms with Gasteiger partial charge in [-0.25, -0.2) is 0 Å². The summed E-state index contributed by atoms with van der Waals surface area (Å²) in [7, 11) is 0. The molecule has 0 aliphatic heterocycles. The normalized spacial score (nSPS) is 12.0. The monoisotopic (exact) mass is 335 g/mol. The third-order valence-electron chi connectivity index (χ3n) is 4.08. The Morgan fingerprint density at radius 3 is 2.48 bits per heavy atom. The van der Waals surface area contributed by atoms with Gasteiger partial charge in [0.2, 0.25) is 0 Å². The van der Waals surface area contributed by atoms with Crippen LogP contribution in [0.1, 0.15) is 0 Å². The van der Waals surface area contributed by atoms with Crippen LogP contribution in [-0.2, 0) is 0 Å². The second-order valence-electron chi connectivity index (χ2n) is 5.26. The summed E-state index contributed by atoms with van der Waals surface area (Å²) in [5.41, 5.74) is 4.10. The lowest BCUT2D eigenvalue weighted by Gasteiger charge is -1.97. The predicted octanol–water partition coefficient (Wildman–Crippen LogP) is 5.98. The van der Waals surface area contributed by atoms with Crippen LogP contribution in [0.2, 0.25) is 0 Å². The van der Waals surface area contributed by atoms with Crippen molar-refractivity contribution in [3.63, 3.8) is 0 Å². The molecule has 21 heavy (non-hydrogen) atoms. The lowest BCUT2D eigenvalue weighted by molar-refractivity contribution is 0.669. The molecule has 0 fully saturated rings. The molecule has 0 aliphatic rings. The largest absolute Gasteiger partial charge is 0.456 e. The zero-order valence-electron chi connectivity index (χ0n) is 11.0. The minimum atomic E-state index is 0.917. The average Bonchev–Trinajstić information content (AvgIpc) is 3.06. The molecule has 1 N–H and O–H groups in total. The van der Waals surface area contributed by atoms with E-state index in [2.05, 4.69) is 51.2 Å². The van der Waals surface area contributed by atoms with Crippen molar-refractivity contribution in [2.45, 2.75) is 0 Å². The van der Waals surface area contributed by atoms with E-state index in [1.54, 1.807) is 0 Å². The Labute approximate surface area is 128 Å². The highest BCUT2D eigenvalue weighted by atomic mass is 79.9. The number of H-pyrrole nitrogens is 1. The molecule has 0 spiro atoms. The quantitative estimate of drug-likeness (QED) is 0.370. The Balaban J connectivity index is 2.10. The Kier molecular flexibility index (Phi) is 2.11. The molecule has 0 saturated heterocycles. The van der Waals surface area contributed by atoms with Gasteiger partial charge in [-0.1, -0.05) is 36.4 Å². The molecule has 5 rings (SSSR count). The number of hydrogen-bond donors (Lipinski definition) is 1. The van der Waals surface area contributed by atoms with Crippen LogP contribution in [0.4, 0.5) is 0 Å². The number of fused-ring (bicyclic) bond motifs is 6. The molecule has 3 heteroatoms. The topological polar surface area (TPSA) is 28.9 Å². The van der Waals surface area contributed by atoms with Crippen LogP contribution >= 0.6 is 15.9 Å². The molecule has 100 valence electrons. The Bertz CT molecular complexity index is 1140. The summed E-state index contributed by atoms with van der Waals surface area (Å²) in [6, 6.07) is 18.6. The van der Waals surface area contributed by atoms with E-state index in [-0.39, 0.29) is 0 Å². The maximum atomic E-state index is 6.02. The molecule has 0 radical (unpaired) electrons. The third-order valence-corrected chi connectivity index (χ3v) is 4.88. The van der Waals surface area contributed by atoms with E-state index in [0.717, 1.165) is 37.4 Å². The maximum Gasteiger partial charge on any atom is 0.137 e. The van der Waals surface area contributed by atoms with Gasteiger partial charge in [0.25, 0.3) is 0 Å². The Morgan fingerprint density at radius 2 is 1.57 bits per heavy atom. The SMILES string of the molecule is Brc1c2[nH]c3ccccc3c2cc2oc3ccccc3c12. The van der Waals surface area contributed by atoms with Crippen molar-refractivity contribution >= 4 is 59.7 Å². The van der Waals surface area contributed by atoms with Crippen LogP contribution in [-0.4, -0.2) is 4.98 Å². The molecular formula is C18H10BrNO. The highest BCUT2D eigenvalue weighted by molar-refractivity contribution is 9.10. The fraction of sp³-hybridized carbons (Fsp3) is 0. The maximum absolute atomic E-state index is 6.02. The molecule has 0 unspecified atom stereocenters. The second-order valence-corrected chi connectivity index (χ2v) is 6.05. The van der Waals surface area contributed by atoms with Crippen LogP contribution in [0.25, 0.3) is 43.7 Å². The van der Waals surface area contributed by atoms with Gasteiger partial charge < -0.3 is 9.40 Å². The van der Waals surface area contributed by atoms with Gasteiger partial charge in [-0.2, -0.15) is 0 Å². The first-order valence-corrected chi connectivity index (χ1v) is 7.62. The van der Waals surface area contributed by atoms with Gasteiger partial charge in [0, 0.05) is 27.1 Å². The number of para-hydroxylation sites is 2. The smallest absolute Gasteiger partial charge is 0.137 e. The summed E-state index contributed by atoms with van der Waals surface area (Å²) in [4.78, 5) is 3.50. The van der Waals surface area contributed by atoms with Crippen molar-refractivity contribution in [3.05, 3.63) is 59.1 Å². The number of rotatable bonds is 0. The van der Waals surface area contributed by atoms with Crippen LogP contribution in [0, 0.1) is 0 Å². The molecule has 2 heterocycles. The number of benzene rings is 3. The minimum absolute atomic E-state index is 0.917. The van der Waals surface area contributed by atoms with E-state index >= 15 is 0 Å². The highest BCUT2D eigenvalue weighted by Gasteiger charge is 2.15. The number of hydrogen-bond acceptors (Lipinski definition) is 1. The molecule has 2 aromatic heterocycles. The van der Waals surface area contributed by atoms with E-state index in [1.807, 2.05) is 24.3 Å². The molecule has 0 aliphatic carbocycles.